The van der Waals surface area contributed by atoms with Crippen LogP contribution in [0.15, 0.2) is 48.5 Å². The molecule has 4 aromatic rings. The smallest absolute Gasteiger partial charge is 0.160 e. The topological polar surface area (TPSA) is 45.6 Å². The number of nitrogens with one attached hydrogen (secondary N) is 1. The number of anilines is 1. The molecule has 8 heteroatoms. The summed E-state index contributed by atoms with van der Waals surface area (Å²) in [6.07, 6.45) is 6.99. The standard InChI is InChI=1S/C33H37ClFN5O/c34-29-16-28-32(31(35)30(29)27-9-5-7-21-6-1-2-8-26(21)27)37-40(33(28)38-17-22-10-11-23(18-38)36-22)15-4-3-14-39-24-12-13-25(39)20-41-19-24/h1-2,5-9,16,22-25,36H,3-4,10-15,17-20H2. The van der Waals surface area contributed by atoms with Gasteiger partial charge in [0, 0.05) is 54.8 Å². The number of aryl methyl sites for hydroxylation is 1. The minimum atomic E-state index is -0.327. The lowest BCUT2D eigenvalue weighted by molar-refractivity contribution is -0.0151. The monoisotopic (exact) mass is 573 g/mol. The molecule has 0 spiro atoms. The van der Waals surface area contributed by atoms with Crippen LogP contribution in [0.1, 0.15) is 38.5 Å². The first-order valence-electron chi connectivity index (χ1n) is 15.3. The maximum absolute atomic E-state index is 16.6. The fraction of sp³-hybridized carbons (Fsp3) is 0.485. The molecule has 214 valence electrons. The van der Waals surface area contributed by atoms with Gasteiger partial charge in [-0.1, -0.05) is 54.1 Å². The highest BCUT2D eigenvalue weighted by atomic mass is 35.5. The lowest BCUT2D eigenvalue weighted by Crippen LogP contribution is -2.51. The predicted molar refractivity (Wildman–Crippen MR) is 163 cm³/mol. The van der Waals surface area contributed by atoms with E-state index in [1.165, 1.54) is 25.7 Å². The van der Waals surface area contributed by atoms with E-state index in [4.69, 9.17) is 21.4 Å². The van der Waals surface area contributed by atoms with Gasteiger partial charge in [0.2, 0.25) is 0 Å². The van der Waals surface area contributed by atoms with Crippen molar-refractivity contribution in [3.05, 3.63) is 59.4 Å². The molecule has 1 aromatic heterocycles. The molecule has 0 radical (unpaired) electrons. The van der Waals surface area contributed by atoms with Gasteiger partial charge < -0.3 is 15.0 Å². The number of halogens is 2. The van der Waals surface area contributed by atoms with Crippen molar-refractivity contribution < 1.29 is 9.13 Å². The maximum atomic E-state index is 16.6. The lowest BCUT2D eigenvalue weighted by Gasteiger charge is -2.35. The van der Waals surface area contributed by atoms with Gasteiger partial charge in [0.15, 0.2) is 5.82 Å². The molecule has 41 heavy (non-hydrogen) atoms. The summed E-state index contributed by atoms with van der Waals surface area (Å²) in [7, 11) is 0. The number of piperazine rings is 1. The van der Waals surface area contributed by atoms with E-state index >= 15 is 4.39 Å². The zero-order valence-corrected chi connectivity index (χ0v) is 24.1. The van der Waals surface area contributed by atoms with Gasteiger partial charge >= 0.3 is 0 Å². The highest BCUT2D eigenvalue weighted by molar-refractivity contribution is 6.35. The number of benzene rings is 3. The SMILES string of the molecule is Fc1c(-c2cccc3ccccc23)c(Cl)cc2c(N3CC4CCC(C3)N4)n(CCCCN3C4CCC3COC4)nc12. The van der Waals surface area contributed by atoms with Crippen molar-refractivity contribution >= 4 is 39.1 Å². The molecule has 0 amide bonds. The molecule has 4 aliphatic rings. The third-order valence-electron chi connectivity index (χ3n) is 9.90. The highest BCUT2D eigenvalue weighted by Gasteiger charge is 2.37. The third kappa shape index (κ3) is 4.53. The van der Waals surface area contributed by atoms with Crippen LogP contribution in [0.25, 0.3) is 32.8 Å². The molecule has 6 nitrogen and oxygen atoms in total. The lowest BCUT2D eigenvalue weighted by atomic mass is 9.97. The summed E-state index contributed by atoms with van der Waals surface area (Å²) in [5.74, 6) is 0.696. The summed E-state index contributed by atoms with van der Waals surface area (Å²) < 4.78 is 24.4. The van der Waals surface area contributed by atoms with Crippen LogP contribution in [0.2, 0.25) is 5.02 Å². The Bertz CT molecular complexity index is 1570. The molecule has 1 N–H and O–H groups in total. The minimum Gasteiger partial charge on any atom is -0.378 e. The van der Waals surface area contributed by atoms with E-state index in [1.54, 1.807) is 0 Å². The van der Waals surface area contributed by atoms with Crippen LogP contribution in [-0.4, -0.2) is 71.7 Å². The Morgan fingerprint density at radius 2 is 1.63 bits per heavy atom. The van der Waals surface area contributed by atoms with Crippen LogP contribution >= 0.6 is 11.6 Å². The zero-order chi connectivity index (χ0) is 27.5. The summed E-state index contributed by atoms with van der Waals surface area (Å²) in [6, 6.07) is 18.1. The second kappa shape index (κ2) is 10.5. The van der Waals surface area contributed by atoms with E-state index in [-0.39, 0.29) is 5.82 Å². The van der Waals surface area contributed by atoms with Crippen molar-refractivity contribution in [1.29, 1.82) is 0 Å². The Morgan fingerprint density at radius 1 is 0.902 bits per heavy atom. The Kier molecular flexibility index (Phi) is 6.67. The fourth-order valence-corrected chi connectivity index (χ4v) is 8.26. The van der Waals surface area contributed by atoms with E-state index in [0.29, 0.717) is 40.3 Å². The van der Waals surface area contributed by atoms with Crippen molar-refractivity contribution in [3.8, 4) is 11.1 Å². The molecule has 8 rings (SSSR count). The quantitative estimate of drug-likeness (QED) is 0.265. The van der Waals surface area contributed by atoms with Crippen molar-refractivity contribution in [1.82, 2.24) is 20.0 Å². The Morgan fingerprint density at radius 3 is 2.44 bits per heavy atom. The van der Waals surface area contributed by atoms with Crippen molar-refractivity contribution in [2.75, 3.05) is 37.7 Å². The second-order valence-electron chi connectivity index (χ2n) is 12.4. The van der Waals surface area contributed by atoms with Gasteiger partial charge in [0.25, 0.3) is 0 Å². The average molecular weight is 574 g/mol. The van der Waals surface area contributed by atoms with Gasteiger partial charge in [-0.15, -0.1) is 0 Å². The first-order valence-corrected chi connectivity index (χ1v) is 15.7. The molecule has 3 aromatic carbocycles. The van der Waals surface area contributed by atoms with E-state index in [0.717, 1.165) is 79.8 Å². The summed E-state index contributed by atoms with van der Waals surface area (Å²) in [6.45, 7) is 5.43. The summed E-state index contributed by atoms with van der Waals surface area (Å²) in [5.41, 5.74) is 1.67. The number of fused-ring (bicyclic) bond motifs is 6. The molecular weight excluding hydrogens is 537 g/mol. The highest BCUT2D eigenvalue weighted by Crippen LogP contribution is 2.42. The van der Waals surface area contributed by atoms with Crippen LogP contribution in [0.4, 0.5) is 10.2 Å². The molecule has 4 fully saturated rings. The normalized spacial score (nSPS) is 26.0. The van der Waals surface area contributed by atoms with E-state index in [1.807, 2.05) is 36.4 Å². The van der Waals surface area contributed by atoms with Crippen LogP contribution in [0, 0.1) is 5.82 Å². The maximum Gasteiger partial charge on any atom is 0.160 e. The third-order valence-corrected chi connectivity index (χ3v) is 10.2. The Labute approximate surface area is 245 Å². The number of unbranched alkanes of at least 4 members (excludes halogenated alkanes) is 1. The number of nitrogens with zero attached hydrogens (tertiary/aromatic N) is 4. The first kappa shape index (κ1) is 26.0. The Hall–Kier alpha value is -2.71. The molecule has 5 heterocycles. The second-order valence-corrected chi connectivity index (χ2v) is 12.8. The van der Waals surface area contributed by atoms with Crippen molar-refractivity contribution in [2.45, 2.75) is 69.2 Å². The van der Waals surface area contributed by atoms with Crippen LogP contribution < -0.4 is 10.2 Å². The summed E-state index contributed by atoms with van der Waals surface area (Å²) in [4.78, 5) is 5.09. The minimum absolute atomic E-state index is 0.327. The number of hydrogen-bond acceptors (Lipinski definition) is 5. The summed E-state index contributed by atoms with van der Waals surface area (Å²) >= 11 is 6.96. The molecule has 4 saturated heterocycles. The Balaban J connectivity index is 1.15. The average Bonchev–Trinajstić information content (AvgIpc) is 3.59. The number of ether oxygens (including phenoxy) is 1. The van der Waals surface area contributed by atoms with Crippen LogP contribution in [-0.2, 0) is 11.3 Å². The van der Waals surface area contributed by atoms with Gasteiger partial charge in [-0.3, -0.25) is 4.90 Å². The molecule has 0 aliphatic carbocycles. The van der Waals surface area contributed by atoms with Crippen molar-refractivity contribution in [3.63, 3.8) is 0 Å². The van der Waals surface area contributed by atoms with Crippen LogP contribution in [0.5, 0.6) is 0 Å². The van der Waals surface area contributed by atoms with Gasteiger partial charge in [0.05, 0.1) is 18.2 Å². The van der Waals surface area contributed by atoms with E-state index in [9.17, 15) is 0 Å². The largest absolute Gasteiger partial charge is 0.378 e. The predicted octanol–water partition coefficient (Wildman–Crippen LogP) is 6.23. The first-order chi connectivity index (χ1) is 20.1. The number of morpholine rings is 1. The number of hydrogen-bond donors (Lipinski definition) is 1. The number of rotatable bonds is 7. The van der Waals surface area contributed by atoms with Crippen LogP contribution in [0.3, 0.4) is 0 Å². The molecule has 0 saturated carbocycles. The number of aromatic nitrogens is 2. The van der Waals surface area contributed by atoms with Gasteiger partial charge in [-0.05, 0) is 67.5 Å². The van der Waals surface area contributed by atoms with Gasteiger partial charge in [-0.25, -0.2) is 9.07 Å². The van der Waals surface area contributed by atoms with E-state index < -0.39 is 0 Å². The molecule has 4 atom stereocenters. The molecule has 4 bridgehead atoms. The van der Waals surface area contributed by atoms with Gasteiger partial charge in [0.1, 0.15) is 11.3 Å². The molecule has 4 unspecified atom stereocenters. The van der Waals surface area contributed by atoms with Crippen molar-refractivity contribution in [2.24, 2.45) is 0 Å². The fourth-order valence-electron chi connectivity index (χ4n) is 7.97. The molecule has 4 aliphatic heterocycles. The molecular formula is C33H37ClFN5O. The van der Waals surface area contributed by atoms with Gasteiger partial charge in [-0.2, -0.15) is 5.10 Å². The van der Waals surface area contributed by atoms with E-state index in [2.05, 4.69) is 31.9 Å². The zero-order valence-electron chi connectivity index (χ0n) is 23.4. The summed E-state index contributed by atoms with van der Waals surface area (Å²) in [5, 5.41) is 12.0.